The summed E-state index contributed by atoms with van der Waals surface area (Å²) in [5.74, 6) is 0. The summed E-state index contributed by atoms with van der Waals surface area (Å²) >= 11 is 0. The maximum absolute atomic E-state index is 13.1. The molecule has 11 nitrogen and oxygen atoms in total. The zero-order chi connectivity index (χ0) is 33.3. The van der Waals surface area contributed by atoms with Crippen LogP contribution in [0.5, 0.6) is 0 Å². The molecule has 0 saturated heterocycles. The Morgan fingerprint density at radius 1 is 0.512 bits per heavy atom. The van der Waals surface area contributed by atoms with E-state index in [0.717, 1.165) is 25.6 Å². The third-order valence-corrected chi connectivity index (χ3v) is 6.92. The molecule has 0 radical (unpaired) electrons. The molecule has 11 heteroatoms. The summed E-state index contributed by atoms with van der Waals surface area (Å²) in [5.41, 5.74) is 2.40. The SMILES string of the molecule is Cc1nc(CN(Cc2nc(/C=[N+](/[O-])C(C)(C)C)c(C)nc2C)C(C)(C)C)c(/C=[N+](/[O-])C(C)(C)C)nc1/C=[N+](\[O-])C(C)(C)C. The van der Waals surface area contributed by atoms with Gasteiger partial charge in [0.2, 0.25) is 18.6 Å². The Hall–Kier alpha value is -3.47. The third kappa shape index (κ3) is 9.77. The fourth-order valence-electron chi connectivity index (χ4n) is 3.69. The second-order valence-electron chi connectivity index (χ2n) is 15.2. The van der Waals surface area contributed by atoms with Crippen LogP contribution in [0.1, 0.15) is 129 Å². The van der Waals surface area contributed by atoms with E-state index < -0.39 is 16.6 Å². The molecule has 0 amide bonds. The van der Waals surface area contributed by atoms with Crippen molar-refractivity contribution < 1.29 is 14.2 Å². The highest BCUT2D eigenvalue weighted by atomic mass is 16.5. The molecule has 238 valence electrons. The van der Waals surface area contributed by atoms with Crippen LogP contribution < -0.4 is 0 Å². The van der Waals surface area contributed by atoms with Gasteiger partial charge in [-0.15, -0.1) is 0 Å². The summed E-state index contributed by atoms with van der Waals surface area (Å²) in [6, 6.07) is 0. The molecule has 0 spiro atoms. The van der Waals surface area contributed by atoms with E-state index in [-0.39, 0.29) is 5.54 Å². The van der Waals surface area contributed by atoms with Gasteiger partial charge in [0.15, 0.2) is 22.3 Å². The zero-order valence-corrected chi connectivity index (χ0v) is 28.9. The summed E-state index contributed by atoms with van der Waals surface area (Å²) in [4.78, 5) is 21.4. The highest BCUT2D eigenvalue weighted by Gasteiger charge is 2.28. The average molecular weight is 597 g/mol. The molecule has 0 aliphatic carbocycles. The maximum Gasteiger partial charge on any atom is 0.202 e. The number of aryl methyl sites for hydroxylation is 3. The van der Waals surface area contributed by atoms with Gasteiger partial charge >= 0.3 is 0 Å². The summed E-state index contributed by atoms with van der Waals surface area (Å²) in [6.45, 7) is 29.1. The van der Waals surface area contributed by atoms with Crippen molar-refractivity contribution in [1.82, 2.24) is 24.8 Å². The molecule has 0 bridgehead atoms. The van der Waals surface area contributed by atoms with E-state index in [2.05, 4.69) is 25.7 Å². The molecular formula is C32H52N8O3. The van der Waals surface area contributed by atoms with Crippen LogP contribution in [0.15, 0.2) is 0 Å². The van der Waals surface area contributed by atoms with Gasteiger partial charge in [-0.2, -0.15) is 0 Å². The van der Waals surface area contributed by atoms with E-state index in [1.807, 2.05) is 83.1 Å². The molecule has 0 saturated carbocycles. The summed E-state index contributed by atoms with van der Waals surface area (Å²) in [7, 11) is 0. The van der Waals surface area contributed by atoms with E-state index in [9.17, 15) is 15.6 Å². The number of hydrogen-bond acceptors (Lipinski definition) is 8. The fraction of sp³-hybridized carbons (Fsp3) is 0.656. The van der Waals surface area contributed by atoms with Crippen molar-refractivity contribution in [2.45, 2.75) is 139 Å². The predicted octanol–water partition coefficient (Wildman–Crippen LogP) is 5.18. The molecule has 2 heterocycles. The van der Waals surface area contributed by atoms with Crippen molar-refractivity contribution in [3.63, 3.8) is 0 Å². The van der Waals surface area contributed by atoms with Gasteiger partial charge in [-0.25, -0.2) is 24.2 Å². The minimum atomic E-state index is -0.697. The smallest absolute Gasteiger partial charge is 0.202 e. The van der Waals surface area contributed by atoms with Crippen LogP contribution >= 0.6 is 0 Å². The van der Waals surface area contributed by atoms with Crippen molar-refractivity contribution in [2.75, 3.05) is 0 Å². The van der Waals surface area contributed by atoms with Crippen LogP contribution in [-0.2, 0) is 13.1 Å². The summed E-state index contributed by atoms with van der Waals surface area (Å²) < 4.78 is 2.61. The van der Waals surface area contributed by atoms with Crippen LogP contribution in [0.4, 0.5) is 0 Å². The topological polar surface area (TPSA) is 133 Å². The van der Waals surface area contributed by atoms with Crippen molar-refractivity contribution in [3.8, 4) is 0 Å². The quantitative estimate of drug-likeness (QED) is 0.185. The van der Waals surface area contributed by atoms with Crippen LogP contribution in [-0.4, -0.2) is 79.9 Å². The van der Waals surface area contributed by atoms with Gasteiger partial charge in [0.05, 0.1) is 28.5 Å². The monoisotopic (exact) mass is 596 g/mol. The molecule has 0 N–H and O–H groups in total. The maximum atomic E-state index is 13.1. The van der Waals surface area contributed by atoms with Gasteiger partial charge in [0, 0.05) is 80.9 Å². The Labute approximate surface area is 257 Å². The first-order valence-electron chi connectivity index (χ1n) is 14.7. The van der Waals surface area contributed by atoms with E-state index in [0.29, 0.717) is 47.3 Å². The van der Waals surface area contributed by atoms with Crippen LogP contribution in [0.2, 0.25) is 0 Å². The molecule has 0 aromatic carbocycles. The van der Waals surface area contributed by atoms with Gasteiger partial charge in [-0.05, 0) is 41.5 Å². The molecule has 43 heavy (non-hydrogen) atoms. The first kappa shape index (κ1) is 35.7. The lowest BCUT2D eigenvalue weighted by atomic mass is 10.0. The Morgan fingerprint density at radius 3 is 1.30 bits per heavy atom. The summed E-state index contributed by atoms with van der Waals surface area (Å²) in [6.07, 6.45) is 4.37. The highest BCUT2D eigenvalue weighted by molar-refractivity contribution is 5.80. The van der Waals surface area contributed by atoms with Gasteiger partial charge in [-0.3, -0.25) is 14.9 Å². The fourth-order valence-corrected chi connectivity index (χ4v) is 3.69. The molecule has 2 rings (SSSR count). The van der Waals surface area contributed by atoms with Gasteiger partial charge < -0.3 is 15.6 Å². The molecule has 0 aliphatic rings. The number of rotatable bonds is 7. The first-order chi connectivity index (χ1) is 19.3. The molecule has 0 fully saturated rings. The van der Waals surface area contributed by atoms with Crippen molar-refractivity contribution in [2.24, 2.45) is 0 Å². The summed E-state index contributed by atoms with van der Waals surface area (Å²) in [5, 5.41) is 38.5. The second kappa shape index (κ2) is 12.6. The van der Waals surface area contributed by atoms with E-state index in [1.54, 1.807) is 0 Å². The predicted molar refractivity (Wildman–Crippen MR) is 173 cm³/mol. The molecule has 2 aromatic rings. The Bertz CT molecular complexity index is 1420. The molecule has 0 aliphatic heterocycles. The van der Waals surface area contributed by atoms with E-state index >= 15 is 0 Å². The van der Waals surface area contributed by atoms with Crippen LogP contribution in [0.3, 0.4) is 0 Å². The molecule has 0 atom stereocenters. The second-order valence-corrected chi connectivity index (χ2v) is 15.2. The minimum absolute atomic E-state index is 0.338. The van der Waals surface area contributed by atoms with E-state index in [4.69, 9.17) is 19.9 Å². The standard InChI is InChI=1S/C32H52N8O3/c1-21-24(35-25(22(2)33-21)18-38(41)30(7,8)9)16-37(29(4,5)6)17-27-28(20-40(43)32(13,14)15)36-26(23(3)34-27)19-39(42)31(10,11)12/h18-20H,16-17H2,1-15H3/b38-18+,39-19-,40-20+. The largest absolute Gasteiger partial charge is 0.623 e. The number of hydroxylamine groups is 3. The Morgan fingerprint density at radius 2 is 0.884 bits per heavy atom. The molecule has 2 aromatic heterocycles. The number of nitrogens with zero attached hydrogens (tertiary/aromatic N) is 8. The van der Waals surface area contributed by atoms with Gasteiger partial charge in [-0.1, -0.05) is 0 Å². The normalized spacial score (nSPS) is 14.6. The molecule has 0 unspecified atom stereocenters. The Kier molecular flexibility index (Phi) is 10.5. The average Bonchev–Trinajstić information content (AvgIpc) is 2.81. The zero-order valence-electron chi connectivity index (χ0n) is 28.9. The minimum Gasteiger partial charge on any atom is -0.623 e. The molecular weight excluding hydrogens is 544 g/mol. The number of aromatic nitrogens is 4. The lowest BCUT2D eigenvalue weighted by molar-refractivity contribution is -0.531. The third-order valence-electron chi connectivity index (χ3n) is 6.92. The highest BCUT2D eigenvalue weighted by Crippen LogP contribution is 2.23. The van der Waals surface area contributed by atoms with E-state index in [1.165, 1.54) is 18.6 Å². The lowest BCUT2D eigenvalue weighted by Gasteiger charge is -2.35. The van der Waals surface area contributed by atoms with Crippen molar-refractivity contribution in [1.29, 1.82) is 0 Å². The number of hydrogen-bond donors (Lipinski definition) is 0. The van der Waals surface area contributed by atoms with Crippen LogP contribution in [0.25, 0.3) is 0 Å². The van der Waals surface area contributed by atoms with Crippen molar-refractivity contribution >= 4 is 18.6 Å². The van der Waals surface area contributed by atoms with Crippen LogP contribution in [0, 0.1) is 36.4 Å². The first-order valence-corrected chi connectivity index (χ1v) is 14.7. The van der Waals surface area contributed by atoms with Gasteiger partial charge in [0.25, 0.3) is 0 Å². The lowest BCUT2D eigenvalue weighted by Crippen LogP contribution is -2.41. The Balaban J connectivity index is 2.69. The van der Waals surface area contributed by atoms with Gasteiger partial charge in [0.1, 0.15) is 11.4 Å². The van der Waals surface area contributed by atoms with Crippen molar-refractivity contribution in [3.05, 3.63) is 61.2 Å².